The van der Waals surface area contributed by atoms with E-state index in [1.807, 2.05) is 12.1 Å². The standard InChI is InChI=1S/C12H8N2O3/c1-7-8-4-2-3-5-10(8)17-12(7)11(15)9(6-13)14-16/h2-5,16H,1H3/b14-9+. The highest BCUT2D eigenvalue weighted by Crippen LogP contribution is 2.25. The number of carbonyl (C=O) groups excluding carboxylic acids is 1. The van der Waals surface area contributed by atoms with Crippen molar-refractivity contribution in [2.45, 2.75) is 6.92 Å². The molecule has 17 heavy (non-hydrogen) atoms. The van der Waals surface area contributed by atoms with Crippen LogP contribution in [0.4, 0.5) is 0 Å². The van der Waals surface area contributed by atoms with Crippen LogP contribution in [0.1, 0.15) is 16.1 Å². The van der Waals surface area contributed by atoms with Gasteiger partial charge in [-0.3, -0.25) is 4.79 Å². The molecular weight excluding hydrogens is 220 g/mol. The summed E-state index contributed by atoms with van der Waals surface area (Å²) in [4.78, 5) is 11.8. The third kappa shape index (κ3) is 1.66. The molecule has 0 saturated heterocycles. The van der Waals surface area contributed by atoms with E-state index in [1.165, 1.54) is 6.07 Å². The van der Waals surface area contributed by atoms with Gasteiger partial charge in [-0.15, -0.1) is 0 Å². The van der Waals surface area contributed by atoms with Crippen LogP contribution in [0.5, 0.6) is 0 Å². The molecule has 5 nitrogen and oxygen atoms in total. The number of nitriles is 1. The van der Waals surface area contributed by atoms with E-state index in [-0.39, 0.29) is 5.76 Å². The monoisotopic (exact) mass is 228 g/mol. The maximum absolute atomic E-state index is 11.8. The number of nitrogens with zero attached hydrogens (tertiary/aromatic N) is 2. The van der Waals surface area contributed by atoms with Gasteiger partial charge in [-0.05, 0) is 13.0 Å². The first-order chi connectivity index (χ1) is 8.19. The lowest BCUT2D eigenvalue weighted by molar-refractivity contribution is 0.104. The minimum atomic E-state index is -0.719. The van der Waals surface area contributed by atoms with Crippen molar-refractivity contribution >= 4 is 22.5 Å². The van der Waals surface area contributed by atoms with Crippen LogP contribution in [-0.4, -0.2) is 16.7 Å². The Morgan fingerprint density at radius 3 is 2.76 bits per heavy atom. The number of hydrogen-bond acceptors (Lipinski definition) is 5. The summed E-state index contributed by atoms with van der Waals surface area (Å²) in [5, 5.41) is 20.6. The first-order valence-electron chi connectivity index (χ1n) is 4.84. The number of Topliss-reactive ketones (excluding diaryl/α,β-unsaturated/α-hetero) is 1. The van der Waals surface area contributed by atoms with Crippen LogP contribution in [0.25, 0.3) is 11.0 Å². The predicted octanol–water partition coefficient (Wildman–Crippen LogP) is 2.28. The Kier molecular flexibility index (Phi) is 2.63. The van der Waals surface area contributed by atoms with Crippen molar-refractivity contribution in [1.29, 1.82) is 5.26 Å². The van der Waals surface area contributed by atoms with E-state index in [0.29, 0.717) is 11.1 Å². The number of benzene rings is 1. The van der Waals surface area contributed by atoms with Crippen molar-refractivity contribution in [3.05, 3.63) is 35.6 Å². The summed E-state index contributed by atoms with van der Waals surface area (Å²) in [5.74, 6) is -0.691. The van der Waals surface area contributed by atoms with Gasteiger partial charge in [-0.2, -0.15) is 5.26 Å². The van der Waals surface area contributed by atoms with Crippen molar-refractivity contribution < 1.29 is 14.4 Å². The van der Waals surface area contributed by atoms with E-state index in [1.54, 1.807) is 19.1 Å². The summed E-state index contributed by atoms with van der Waals surface area (Å²) in [6.07, 6.45) is 0. The van der Waals surface area contributed by atoms with E-state index in [4.69, 9.17) is 14.9 Å². The summed E-state index contributed by atoms with van der Waals surface area (Å²) in [5.41, 5.74) is 0.595. The number of oxime groups is 1. The van der Waals surface area contributed by atoms with Gasteiger partial charge < -0.3 is 9.62 Å². The Labute approximate surface area is 96.6 Å². The molecule has 0 radical (unpaired) electrons. The third-order valence-corrected chi connectivity index (χ3v) is 2.47. The SMILES string of the molecule is Cc1c(C(=O)/C(C#N)=N/O)oc2ccccc12. The minimum absolute atomic E-state index is 0.0283. The molecule has 1 N–H and O–H groups in total. The molecule has 0 aliphatic carbocycles. The van der Waals surface area contributed by atoms with Gasteiger partial charge in [0, 0.05) is 10.9 Å². The fourth-order valence-electron chi connectivity index (χ4n) is 1.62. The fourth-order valence-corrected chi connectivity index (χ4v) is 1.62. The van der Waals surface area contributed by atoms with Gasteiger partial charge >= 0.3 is 0 Å². The maximum Gasteiger partial charge on any atom is 0.260 e. The number of rotatable bonds is 2. The zero-order valence-corrected chi connectivity index (χ0v) is 8.97. The van der Waals surface area contributed by atoms with E-state index in [9.17, 15) is 4.79 Å². The second-order valence-electron chi connectivity index (χ2n) is 3.44. The quantitative estimate of drug-likeness (QED) is 0.369. The Morgan fingerprint density at radius 2 is 2.18 bits per heavy atom. The molecule has 0 bridgehead atoms. The normalized spacial score (nSPS) is 11.4. The molecule has 0 fully saturated rings. The van der Waals surface area contributed by atoms with Gasteiger partial charge in [0.15, 0.2) is 5.76 Å². The first kappa shape index (κ1) is 10.9. The average Bonchev–Trinajstić information content (AvgIpc) is 2.69. The van der Waals surface area contributed by atoms with Gasteiger partial charge in [-0.1, -0.05) is 23.4 Å². The Morgan fingerprint density at radius 1 is 1.47 bits per heavy atom. The molecule has 0 amide bonds. The van der Waals surface area contributed by atoms with E-state index >= 15 is 0 Å². The molecular formula is C12H8N2O3. The molecule has 0 aliphatic rings. The van der Waals surface area contributed by atoms with E-state index < -0.39 is 11.5 Å². The number of carbonyl (C=O) groups is 1. The molecule has 1 heterocycles. The van der Waals surface area contributed by atoms with Crippen molar-refractivity contribution in [2.75, 3.05) is 0 Å². The van der Waals surface area contributed by atoms with Crippen LogP contribution in [0.2, 0.25) is 0 Å². The summed E-state index contributed by atoms with van der Waals surface area (Å²) < 4.78 is 5.35. The van der Waals surface area contributed by atoms with Gasteiger partial charge in [0.1, 0.15) is 11.7 Å². The fraction of sp³-hybridized carbons (Fsp3) is 0.0833. The molecule has 2 aromatic rings. The van der Waals surface area contributed by atoms with Gasteiger partial charge in [0.2, 0.25) is 5.71 Å². The molecule has 1 aromatic heterocycles. The van der Waals surface area contributed by atoms with E-state index in [0.717, 1.165) is 5.39 Å². The Bertz CT molecular complexity index is 662. The maximum atomic E-state index is 11.8. The second kappa shape index (κ2) is 4.10. The summed E-state index contributed by atoms with van der Waals surface area (Å²) >= 11 is 0. The lowest BCUT2D eigenvalue weighted by Crippen LogP contribution is -2.12. The third-order valence-electron chi connectivity index (χ3n) is 2.47. The second-order valence-corrected chi connectivity index (χ2v) is 3.44. The summed E-state index contributed by atoms with van der Waals surface area (Å²) in [7, 11) is 0. The zero-order valence-electron chi connectivity index (χ0n) is 8.97. The highest BCUT2D eigenvalue weighted by Gasteiger charge is 2.22. The highest BCUT2D eigenvalue weighted by molar-refractivity contribution is 6.51. The van der Waals surface area contributed by atoms with Gasteiger partial charge in [0.25, 0.3) is 5.78 Å². The van der Waals surface area contributed by atoms with Gasteiger partial charge in [-0.25, -0.2) is 0 Å². The van der Waals surface area contributed by atoms with Crippen LogP contribution in [0.15, 0.2) is 33.8 Å². The zero-order chi connectivity index (χ0) is 12.4. The molecule has 1 aromatic carbocycles. The molecule has 0 aliphatic heterocycles. The number of ketones is 1. The molecule has 84 valence electrons. The lowest BCUT2D eigenvalue weighted by Gasteiger charge is -1.93. The summed E-state index contributed by atoms with van der Waals surface area (Å²) in [6.45, 7) is 1.71. The highest BCUT2D eigenvalue weighted by atomic mass is 16.4. The smallest absolute Gasteiger partial charge is 0.260 e. The average molecular weight is 228 g/mol. The number of aryl methyl sites for hydroxylation is 1. The molecule has 5 heteroatoms. The van der Waals surface area contributed by atoms with Crippen molar-refractivity contribution in [3.63, 3.8) is 0 Å². The van der Waals surface area contributed by atoms with Crippen LogP contribution >= 0.6 is 0 Å². The largest absolute Gasteiger partial charge is 0.452 e. The van der Waals surface area contributed by atoms with Crippen LogP contribution in [-0.2, 0) is 0 Å². The van der Waals surface area contributed by atoms with Crippen molar-refractivity contribution in [1.82, 2.24) is 0 Å². The number of hydrogen-bond donors (Lipinski definition) is 1. The Hall–Kier alpha value is -2.61. The van der Waals surface area contributed by atoms with Crippen molar-refractivity contribution in [3.8, 4) is 6.07 Å². The molecule has 0 spiro atoms. The van der Waals surface area contributed by atoms with E-state index in [2.05, 4.69) is 5.16 Å². The molecule has 2 rings (SSSR count). The molecule has 0 saturated carbocycles. The van der Waals surface area contributed by atoms with Crippen LogP contribution in [0, 0.1) is 18.3 Å². The Balaban J connectivity index is 2.62. The first-order valence-corrected chi connectivity index (χ1v) is 4.84. The van der Waals surface area contributed by atoms with Crippen molar-refractivity contribution in [2.24, 2.45) is 5.16 Å². The predicted molar refractivity (Wildman–Crippen MR) is 60.1 cm³/mol. The lowest BCUT2D eigenvalue weighted by atomic mass is 10.1. The molecule has 0 atom stereocenters. The topological polar surface area (TPSA) is 86.6 Å². The number of fused-ring (bicyclic) bond motifs is 1. The van der Waals surface area contributed by atoms with Gasteiger partial charge in [0.05, 0.1) is 0 Å². The van der Waals surface area contributed by atoms with Crippen LogP contribution in [0.3, 0.4) is 0 Å². The summed E-state index contributed by atoms with van der Waals surface area (Å²) in [6, 6.07) is 8.65. The molecule has 0 unspecified atom stereocenters. The number of furan rings is 1. The minimum Gasteiger partial charge on any atom is -0.452 e. The van der Waals surface area contributed by atoms with Crippen LogP contribution < -0.4 is 0 Å². The number of para-hydroxylation sites is 1.